The molecule has 22 heavy (non-hydrogen) atoms. The molecule has 2 aromatic carbocycles. The molecule has 0 aromatic heterocycles. The van der Waals surface area contributed by atoms with Crippen molar-refractivity contribution in [3.8, 4) is 5.75 Å². The second-order valence-corrected chi connectivity index (χ2v) is 5.61. The highest BCUT2D eigenvalue weighted by molar-refractivity contribution is 8.00. The molecule has 0 heterocycles. The van der Waals surface area contributed by atoms with E-state index in [1.54, 1.807) is 30.3 Å². The van der Waals surface area contributed by atoms with E-state index in [0.29, 0.717) is 5.69 Å². The molecule has 0 aliphatic carbocycles. The predicted octanol–water partition coefficient (Wildman–Crippen LogP) is 3.08. The smallest absolute Gasteiger partial charge is 0.234 e. The summed E-state index contributed by atoms with van der Waals surface area (Å²) in [6.45, 7) is 1.45. The molecule has 5 nitrogen and oxygen atoms in total. The lowest BCUT2D eigenvalue weighted by atomic mass is 10.3. The van der Waals surface area contributed by atoms with Crippen LogP contribution in [0.15, 0.2) is 53.4 Å². The first kappa shape index (κ1) is 15.9. The molecule has 0 aliphatic rings. The first-order valence-electron chi connectivity index (χ1n) is 6.63. The Morgan fingerprint density at radius 3 is 2.36 bits per heavy atom. The number of carbonyl (C=O) groups is 2. The Kier molecular flexibility index (Phi) is 5.43. The quantitative estimate of drug-likeness (QED) is 0.585. The molecule has 0 saturated carbocycles. The number of anilines is 2. The van der Waals surface area contributed by atoms with Crippen LogP contribution >= 0.6 is 11.8 Å². The number of nitrogens with one attached hydrogen (secondary N) is 2. The summed E-state index contributed by atoms with van der Waals surface area (Å²) in [5.41, 5.74) is 1.12. The van der Waals surface area contributed by atoms with Gasteiger partial charge in [0.2, 0.25) is 11.8 Å². The van der Waals surface area contributed by atoms with E-state index in [2.05, 4.69) is 10.6 Å². The van der Waals surface area contributed by atoms with Crippen LogP contribution in [0.4, 0.5) is 11.4 Å². The maximum Gasteiger partial charge on any atom is 0.234 e. The van der Waals surface area contributed by atoms with Gasteiger partial charge in [-0.25, -0.2) is 0 Å². The van der Waals surface area contributed by atoms with Crippen molar-refractivity contribution < 1.29 is 14.7 Å². The van der Waals surface area contributed by atoms with Crippen LogP contribution in [-0.4, -0.2) is 22.7 Å². The maximum absolute atomic E-state index is 11.9. The van der Waals surface area contributed by atoms with Gasteiger partial charge in [-0.05, 0) is 36.4 Å². The molecule has 0 unspecified atom stereocenters. The number of aromatic hydroxyl groups is 1. The van der Waals surface area contributed by atoms with Crippen molar-refractivity contribution in [3.05, 3.63) is 48.5 Å². The fourth-order valence-corrected chi connectivity index (χ4v) is 2.45. The Bertz CT molecular complexity index is 671. The molecular formula is C16H16N2O3S. The van der Waals surface area contributed by atoms with Crippen molar-refractivity contribution in [2.45, 2.75) is 11.8 Å². The SMILES string of the molecule is CC(=O)Nc1ccc(SCC(=O)Nc2ccccc2O)cc1. The van der Waals surface area contributed by atoms with E-state index in [-0.39, 0.29) is 23.3 Å². The molecule has 114 valence electrons. The first-order valence-corrected chi connectivity index (χ1v) is 7.61. The van der Waals surface area contributed by atoms with Crippen molar-refractivity contribution in [2.24, 2.45) is 0 Å². The second-order valence-electron chi connectivity index (χ2n) is 4.56. The zero-order valence-corrected chi connectivity index (χ0v) is 12.8. The van der Waals surface area contributed by atoms with Gasteiger partial charge in [-0.15, -0.1) is 11.8 Å². The molecule has 2 rings (SSSR count). The van der Waals surface area contributed by atoms with Crippen LogP contribution in [0.25, 0.3) is 0 Å². The van der Waals surface area contributed by atoms with Gasteiger partial charge in [0, 0.05) is 17.5 Å². The van der Waals surface area contributed by atoms with Crippen molar-refractivity contribution in [3.63, 3.8) is 0 Å². The Hall–Kier alpha value is -2.47. The number of phenols is 1. The van der Waals surface area contributed by atoms with Crippen molar-refractivity contribution in [2.75, 3.05) is 16.4 Å². The number of para-hydroxylation sites is 2. The van der Waals surface area contributed by atoms with Crippen molar-refractivity contribution >= 4 is 35.0 Å². The van der Waals surface area contributed by atoms with Gasteiger partial charge in [0.1, 0.15) is 5.75 Å². The highest BCUT2D eigenvalue weighted by atomic mass is 32.2. The normalized spacial score (nSPS) is 10.0. The lowest BCUT2D eigenvalue weighted by molar-refractivity contribution is -0.114. The van der Waals surface area contributed by atoms with Crippen LogP contribution in [0.1, 0.15) is 6.92 Å². The fraction of sp³-hybridized carbons (Fsp3) is 0.125. The zero-order chi connectivity index (χ0) is 15.9. The first-order chi connectivity index (χ1) is 10.5. The summed E-state index contributed by atoms with van der Waals surface area (Å²) < 4.78 is 0. The molecule has 0 spiro atoms. The van der Waals surface area contributed by atoms with E-state index in [1.807, 2.05) is 12.1 Å². The number of thioether (sulfide) groups is 1. The standard InChI is InChI=1S/C16H16N2O3S/c1-11(19)17-12-6-8-13(9-7-12)22-10-16(21)18-14-4-2-3-5-15(14)20/h2-9,20H,10H2,1H3,(H,17,19)(H,18,21). The molecule has 0 radical (unpaired) electrons. The van der Waals surface area contributed by atoms with E-state index < -0.39 is 0 Å². The number of amides is 2. The third-order valence-corrected chi connectivity index (χ3v) is 3.73. The molecule has 0 bridgehead atoms. The van der Waals surface area contributed by atoms with Crippen LogP contribution in [0, 0.1) is 0 Å². The minimum absolute atomic E-state index is 0.0421. The predicted molar refractivity (Wildman–Crippen MR) is 88.2 cm³/mol. The Labute approximate surface area is 132 Å². The Balaban J connectivity index is 1.86. The molecule has 0 atom stereocenters. The lowest BCUT2D eigenvalue weighted by Gasteiger charge is -2.07. The van der Waals surface area contributed by atoms with E-state index >= 15 is 0 Å². The summed E-state index contributed by atoms with van der Waals surface area (Å²) in [5.74, 6) is -0.0474. The van der Waals surface area contributed by atoms with Gasteiger partial charge in [0.25, 0.3) is 0 Å². The topological polar surface area (TPSA) is 78.4 Å². The largest absolute Gasteiger partial charge is 0.506 e. The molecular weight excluding hydrogens is 300 g/mol. The van der Waals surface area contributed by atoms with Crippen molar-refractivity contribution in [1.82, 2.24) is 0 Å². The van der Waals surface area contributed by atoms with Crippen molar-refractivity contribution in [1.29, 1.82) is 0 Å². The summed E-state index contributed by atoms with van der Waals surface area (Å²) in [4.78, 5) is 23.7. The number of phenolic OH excluding ortho intramolecular Hbond substituents is 1. The third-order valence-electron chi connectivity index (χ3n) is 2.72. The molecule has 6 heteroatoms. The molecule has 2 amide bonds. The molecule has 0 aliphatic heterocycles. The van der Waals surface area contributed by atoms with E-state index in [1.165, 1.54) is 24.8 Å². The zero-order valence-electron chi connectivity index (χ0n) is 12.0. The fourth-order valence-electron chi connectivity index (χ4n) is 1.75. The second kappa shape index (κ2) is 7.51. The Morgan fingerprint density at radius 1 is 1.05 bits per heavy atom. The molecule has 0 fully saturated rings. The van der Waals surface area contributed by atoms with Gasteiger partial charge in [-0.2, -0.15) is 0 Å². The van der Waals surface area contributed by atoms with Gasteiger partial charge in [0.15, 0.2) is 0 Å². The lowest BCUT2D eigenvalue weighted by Crippen LogP contribution is -2.14. The van der Waals surface area contributed by atoms with E-state index in [4.69, 9.17) is 0 Å². The van der Waals surface area contributed by atoms with Crippen LogP contribution in [0.3, 0.4) is 0 Å². The molecule has 0 saturated heterocycles. The van der Waals surface area contributed by atoms with Gasteiger partial charge in [-0.3, -0.25) is 9.59 Å². The van der Waals surface area contributed by atoms with E-state index in [0.717, 1.165) is 10.6 Å². The molecule has 2 aromatic rings. The summed E-state index contributed by atoms with van der Waals surface area (Å²) >= 11 is 1.37. The number of hydrogen-bond acceptors (Lipinski definition) is 4. The highest BCUT2D eigenvalue weighted by Crippen LogP contribution is 2.23. The average molecular weight is 316 g/mol. The summed E-state index contributed by atoms with van der Waals surface area (Å²) in [6, 6.07) is 13.8. The van der Waals surface area contributed by atoms with Gasteiger partial charge in [0.05, 0.1) is 11.4 Å². The van der Waals surface area contributed by atoms with Crippen LogP contribution in [0.2, 0.25) is 0 Å². The number of benzene rings is 2. The number of hydrogen-bond donors (Lipinski definition) is 3. The average Bonchev–Trinajstić information content (AvgIpc) is 2.48. The number of rotatable bonds is 5. The highest BCUT2D eigenvalue weighted by Gasteiger charge is 2.06. The Morgan fingerprint density at radius 2 is 1.73 bits per heavy atom. The van der Waals surface area contributed by atoms with Gasteiger partial charge < -0.3 is 15.7 Å². The third kappa shape index (κ3) is 4.82. The monoisotopic (exact) mass is 316 g/mol. The number of carbonyl (C=O) groups excluding carboxylic acids is 2. The summed E-state index contributed by atoms with van der Waals surface area (Å²) in [6.07, 6.45) is 0. The minimum atomic E-state index is -0.197. The minimum Gasteiger partial charge on any atom is -0.506 e. The van der Waals surface area contributed by atoms with Crippen LogP contribution in [-0.2, 0) is 9.59 Å². The van der Waals surface area contributed by atoms with Crippen LogP contribution < -0.4 is 10.6 Å². The maximum atomic E-state index is 11.9. The van der Waals surface area contributed by atoms with Gasteiger partial charge in [-0.1, -0.05) is 12.1 Å². The van der Waals surface area contributed by atoms with Gasteiger partial charge >= 0.3 is 0 Å². The summed E-state index contributed by atoms with van der Waals surface area (Å²) in [5, 5.41) is 14.9. The summed E-state index contributed by atoms with van der Waals surface area (Å²) in [7, 11) is 0. The van der Waals surface area contributed by atoms with E-state index in [9.17, 15) is 14.7 Å². The molecule has 3 N–H and O–H groups in total. The van der Waals surface area contributed by atoms with Crippen LogP contribution in [0.5, 0.6) is 5.75 Å².